The number of nitrogens with one attached hydrogen (secondary N) is 1. The fraction of sp³-hybridized carbons (Fsp3) is 0.375. The molecule has 0 saturated carbocycles. The molecular weight excluding hydrogens is 1010 g/mol. The first-order valence-electron chi connectivity index (χ1n) is 25.8. The number of aromatic nitrogens is 8. The number of carbonyl (C=O) groups is 2. The number of benzene rings is 3. The number of aliphatic hydroxyl groups excluding tert-OH is 1. The number of halogens is 2. The first-order chi connectivity index (χ1) is 37.1. The lowest BCUT2D eigenvalue weighted by Crippen LogP contribution is -2.54. The molecule has 394 valence electrons. The number of piperazine rings is 1. The molecule has 4 aliphatic heterocycles. The number of ether oxygens (including phenoxy) is 2. The van der Waals surface area contributed by atoms with Gasteiger partial charge in [0.15, 0.2) is 5.82 Å². The van der Waals surface area contributed by atoms with E-state index < -0.39 is 11.9 Å². The number of rotatable bonds is 15. The molecule has 2 N–H and O–H groups in total. The Morgan fingerprint density at radius 2 is 1.88 bits per heavy atom. The van der Waals surface area contributed by atoms with Gasteiger partial charge in [-0.05, 0) is 124 Å². The fourth-order valence-corrected chi connectivity index (χ4v) is 12.4. The molecule has 0 aliphatic carbocycles. The van der Waals surface area contributed by atoms with Gasteiger partial charge in [-0.2, -0.15) is 20.0 Å². The van der Waals surface area contributed by atoms with Crippen LogP contribution in [0.5, 0.6) is 6.01 Å². The number of tetrazole rings is 1. The summed E-state index contributed by atoms with van der Waals surface area (Å²) in [5.74, 6) is -0.291. The minimum absolute atomic E-state index is 0.0174. The summed E-state index contributed by atoms with van der Waals surface area (Å²) in [5.41, 5.74) is 5.66. The Morgan fingerprint density at radius 3 is 2.61 bits per heavy atom. The Balaban J connectivity index is 0.829. The third kappa shape index (κ3) is 8.85. The second-order valence-corrected chi connectivity index (χ2v) is 20.9. The molecule has 8 heterocycles. The fourth-order valence-electron chi connectivity index (χ4n) is 12.1. The molecule has 4 aliphatic rings. The van der Waals surface area contributed by atoms with Gasteiger partial charge < -0.3 is 28.9 Å². The molecule has 1 unspecified atom stereocenters. The molecule has 21 heteroatoms. The summed E-state index contributed by atoms with van der Waals surface area (Å²) >= 11 is 7.00. The van der Waals surface area contributed by atoms with Crippen molar-refractivity contribution in [3.63, 3.8) is 0 Å². The maximum Gasteiger partial charge on any atom is 0.319 e. The second kappa shape index (κ2) is 20.2. The number of carbonyl (C=O) groups excluding carboxylic acids is 2. The summed E-state index contributed by atoms with van der Waals surface area (Å²) in [6.45, 7) is 14.9. The van der Waals surface area contributed by atoms with E-state index in [2.05, 4.69) is 26.9 Å². The molecule has 19 nitrogen and oxygen atoms in total. The highest BCUT2D eigenvalue weighted by atomic mass is 35.5. The van der Waals surface area contributed by atoms with Crippen LogP contribution in [0.25, 0.3) is 55.7 Å². The maximum atomic E-state index is 17.3. The predicted molar refractivity (Wildman–Crippen MR) is 286 cm³/mol. The first kappa shape index (κ1) is 51.1. The average Bonchev–Trinajstić information content (AvgIpc) is 4.43. The van der Waals surface area contributed by atoms with E-state index in [1.54, 1.807) is 53.6 Å². The van der Waals surface area contributed by atoms with Crippen LogP contribution < -0.4 is 15.2 Å². The van der Waals surface area contributed by atoms with Crippen LogP contribution in [-0.4, -0.2) is 124 Å². The summed E-state index contributed by atoms with van der Waals surface area (Å²) < 4.78 is 30.4. The van der Waals surface area contributed by atoms with Gasteiger partial charge >= 0.3 is 6.01 Å². The molecule has 3 fully saturated rings. The second-order valence-electron chi connectivity index (χ2n) is 20.4. The highest BCUT2D eigenvalue weighted by Crippen LogP contribution is 2.43. The van der Waals surface area contributed by atoms with E-state index in [0.717, 1.165) is 55.3 Å². The van der Waals surface area contributed by atoms with Crippen molar-refractivity contribution in [3.8, 4) is 46.0 Å². The molecule has 0 radical (unpaired) electrons. The van der Waals surface area contributed by atoms with E-state index in [1.807, 2.05) is 43.0 Å². The van der Waals surface area contributed by atoms with E-state index in [1.165, 1.54) is 4.80 Å². The zero-order valence-corrected chi connectivity index (χ0v) is 43.8. The Hall–Kier alpha value is -7.99. The normalized spacial score (nSPS) is 17.0. The van der Waals surface area contributed by atoms with Crippen molar-refractivity contribution in [1.82, 2.24) is 49.5 Å². The van der Waals surface area contributed by atoms with Crippen molar-refractivity contribution in [2.45, 2.75) is 97.2 Å². The van der Waals surface area contributed by atoms with Gasteiger partial charge in [0.2, 0.25) is 5.82 Å². The number of amides is 1. The molecule has 0 bridgehead atoms. The minimum atomic E-state index is -0.980. The molecule has 0 spiro atoms. The van der Waals surface area contributed by atoms with Crippen LogP contribution in [0.15, 0.2) is 65.5 Å². The van der Waals surface area contributed by atoms with Gasteiger partial charge in [0.1, 0.15) is 36.3 Å². The highest BCUT2D eigenvalue weighted by Gasteiger charge is 2.45. The van der Waals surface area contributed by atoms with Crippen molar-refractivity contribution < 1.29 is 28.6 Å². The lowest BCUT2D eigenvalue weighted by Gasteiger charge is -2.41. The van der Waals surface area contributed by atoms with E-state index in [4.69, 9.17) is 41.4 Å². The number of aliphatic hydroxyl groups is 1. The van der Waals surface area contributed by atoms with Gasteiger partial charge in [0.25, 0.3) is 17.9 Å². The molecule has 77 heavy (non-hydrogen) atoms. The summed E-state index contributed by atoms with van der Waals surface area (Å²) in [6.07, 6.45) is 3.75. The highest BCUT2D eigenvalue weighted by molar-refractivity contribution is 6.35. The van der Waals surface area contributed by atoms with Crippen molar-refractivity contribution in [2.75, 3.05) is 44.2 Å². The number of hydrogen-bond acceptors (Lipinski definition) is 16. The quantitative estimate of drug-likeness (QED) is 0.0584. The third-order valence-electron chi connectivity index (χ3n) is 15.9. The lowest BCUT2D eigenvalue weighted by atomic mass is 9.92. The molecule has 3 saturated heterocycles. The van der Waals surface area contributed by atoms with Crippen LogP contribution in [0, 0.1) is 29.5 Å². The van der Waals surface area contributed by atoms with Crippen LogP contribution in [0.3, 0.4) is 0 Å². The number of nitrogens with zero attached hydrogens (tertiary/aromatic N) is 12. The molecule has 11 rings (SSSR count). The van der Waals surface area contributed by atoms with E-state index in [0.29, 0.717) is 75.8 Å². The minimum Gasteiger partial charge on any atom is -0.463 e. The zero-order valence-electron chi connectivity index (χ0n) is 43.1. The number of nitriles is 1. The smallest absolute Gasteiger partial charge is 0.319 e. The topological polar surface area (TPSA) is 234 Å². The summed E-state index contributed by atoms with van der Waals surface area (Å²) in [6, 6.07) is 15.7. The summed E-state index contributed by atoms with van der Waals surface area (Å²) in [7, 11) is 0. The van der Waals surface area contributed by atoms with Crippen LogP contribution in [0.2, 0.25) is 5.02 Å². The predicted octanol–water partition coefficient (Wildman–Crippen LogP) is 7.27. The number of anilines is 1. The van der Waals surface area contributed by atoms with Gasteiger partial charge in [-0.15, -0.1) is 10.2 Å². The van der Waals surface area contributed by atoms with E-state index in [9.17, 15) is 24.8 Å². The van der Waals surface area contributed by atoms with Crippen molar-refractivity contribution in [3.05, 3.63) is 115 Å². The molecular formula is C56H55ClFN13O6. The van der Waals surface area contributed by atoms with Gasteiger partial charge in [0, 0.05) is 64.3 Å². The Morgan fingerprint density at radius 1 is 1.09 bits per heavy atom. The monoisotopic (exact) mass is 1060 g/mol. The number of hydrogen-bond donors (Lipinski definition) is 2. The van der Waals surface area contributed by atoms with Gasteiger partial charge in [-0.3, -0.25) is 24.7 Å². The maximum absolute atomic E-state index is 17.3. The summed E-state index contributed by atoms with van der Waals surface area (Å²) in [4.78, 5) is 61.1. The van der Waals surface area contributed by atoms with Crippen LogP contribution in [0.4, 0.5) is 10.2 Å². The standard InChI is InChI=1S/C56H55ClFN13O6/c1-6-35-38-20-34(12-13-44(38)61-49-40(35)26-70-45(49)22-37(33(5)73)41(54(70)75)27-76-29-72)51-64-66-71(65-51)24-31(3)53(74)67-18-19-69(32(4)25-67)52-39-21-42(57)47(36-11-7-10-30(2)46(36)43(60)23-59)48(58)50(39)62-55(63-52)77-28-56-14-8-16-68(56)17-9-15-56/h7,10-13,20-22,29,32-33,60,73H,3,6,8-9,14-19,24-28H2,1-2,4-5H3/t32-,33?/m0/s1. The molecule has 1 amide bonds. The number of pyridine rings is 2. The average molecular weight is 1060 g/mol. The largest absolute Gasteiger partial charge is 0.463 e. The van der Waals surface area contributed by atoms with Crippen molar-refractivity contribution in [2.24, 2.45) is 0 Å². The Kier molecular flexibility index (Phi) is 13.4. The molecule has 7 aromatic rings. The van der Waals surface area contributed by atoms with E-state index >= 15 is 4.39 Å². The lowest BCUT2D eigenvalue weighted by molar-refractivity contribution is -0.130. The van der Waals surface area contributed by atoms with E-state index in [-0.39, 0.29) is 107 Å². The van der Waals surface area contributed by atoms with Crippen molar-refractivity contribution in [1.29, 1.82) is 10.7 Å². The number of fused-ring (bicyclic) bond motifs is 6. The summed E-state index contributed by atoms with van der Waals surface area (Å²) in [5, 5.41) is 43.3. The third-order valence-corrected chi connectivity index (χ3v) is 16.2. The zero-order chi connectivity index (χ0) is 54.0. The van der Waals surface area contributed by atoms with Crippen LogP contribution in [-0.2, 0) is 40.4 Å². The SMILES string of the molecule is C=C(Cn1nnc(-c2ccc3nc4c(c(CC)c3c2)Cn2c-4cc(C(C)O)c(COC=O)c2=O)n1)C(=O)N1CCN(c2nc(OCC34CCCN3CCC4)nc3c(F)c(-c4cccc(C)c4C(=N)C#N)c(Cl)cc23)[C@@H](C)C1. The first-order valence-corrected chi connectivity index (χ1v) is 26.2. The van der Waals surface area contributed by atoms with Gasteiger partial charge in [-0.25, -0.2) is 9.37 Å². The molecule has 3 aromatic carbocycles. The van der Waals surface area contributed by atoms with Crippen LogP contribution in [0.1, 0.15) is 85.9 Å². The van der Waals surface area contributed by atoms with Gasteiger partial charge in [0.05, 0.1) is 52.2 Å². The van der Waals surface area contributed by atoms with Crippen LogP contribution >= 0.6 is 11.6 Å². The molecule has 2 atom stereocenters. The molecule has 4 aromatic heterocycles. The Labute approximate surface area is 447 Å². The van der Waals surface area contributed by atoms with Crippen molar-refractivity contribution >= 4 is 57.3 Å². The Bertz CT molecular complexity index is 3730. The van der Waals surface area contributed by atoms with Gasteiger partial charge in [-0.1, -0.05) is 43.3 Å². The number of aryl methyl sites for hydroxylation is 2.